The lowest BCUT2D eigenvalue weighted by Gasteiger charge is -2.29. The first-order chi connectivity index (χ1) is 15.5. The third-order valence-corrected chi connectivity index (χ3v) is 7.17. The number of hydrogen-bond donors (Lipinski definition) is 0. The maximum Gasteiger partial charge on any atom is 0.410 e. The highest BCUT2D eigenvalue weighted by Gasteiger charge is 2.28. The molecule has 164 valence electrons. The normalized spacial score (nSPS) is 11.1. The lowest BCUT2D eigenvalue weighted by Crippen LogP contribution is -2.17. The second-order valence-corrected chi connectivity index (χ2v) is 9.80. The number of hydrogen-bond acceptors (Lipinski definition) is 7. The van der Waals surface area contributed by atoms with Crippen molar-refractivity contribution in [3.05, 3.63) is 89.5 Å². The van der Waals surface area contributed by atoms with Gasteiger partial charge in [0, 0.05) is 30.0 Å². The van der Waals surface area contributed by atoms with Crippen LogP contribution in [0.2, 0.25) is 0 Å². The first-order valence-electron chi connectivity index (χ1n) is 9.48. The van der Waals surface area contributed by atoms with Crippen LogP contribution in [0.3, 0.4) is 0 Å². The molecule has 0 bridgehead atoms. The minimum Gasteiger partial charge on any atom is -0.497 e. The van der Waals surface area contributed by atoms with Gasteiger partial charge >= 0.3 is 6.64 Å². The van der Waals surface area contributed by atoms with E-state index >= 15 is 0 Å². The van der Waals surface area contributed by atoms with Crippen LogP contribution in [0.25, 0.3) is 0 Å². The largest absolute Gasteiger partial charge is 0.497 e. The molecule has 9 heteroatoms. The SMILES string of the molecule is COc1ccc(/C=N/N(C)P(=S)(Oc2ccc(C=O)cc2)Oc2ccc(C=O)cc2)cc1. The molecule has 0 saturated carbocycles. The molecule has 0 aliphatic carbocycles. The van der Waals surface area contributed by atoms with Crippen LogP contribution in [-0.2, 0) is 11.8 Å². The molecule has 32 heavy (non-hydrogen) atoms. The molecule has 0 aromatic heterocycles. The van der Waals surface area contributed by atoms with Gasteiger partial charge in [-0.05, 0) is 78.4 Å². The monoisotopic (exact) mass is 468 g/mol. The maximum atomic E-state index is 10.9. The molecule has 0 radical (unpaired) electrons. The van der Waals surface area contributed by atoms with Crippen LogP contribution in [0.1, 0.15) is 26.3 Å². The smallest absolute Gasteiger partial charge is 0.410 e. The third kappa shape index (κ3) is 6.03. The van der Waals surface area contributed by atoms with Gasteiger partial charge in [0.1, 0.15) is 29.8 Å². The second kappa shape index (κ2) is 10.7. The molecule has 7 nitrogen and oxygen atoms in total. The van der Waals surface area contributed by atoms with Crippen LogP contribution in [0, 0.1) is 0 Å². The summed E-state index contributed by atoms with van der Waals surface area (Å²) in [5.41, 5.74) is 1.87. The third-order valence-electron chi connectivity index (χ3n) is 4.32. The summed E-state index contributed by atoms with van der Waals surface area (Å²) in [4.78, 5) is 21.9. The Kier molecular flexibility index (Phi) is 7.76. The van der Waals surface area contributed by atoms with Crippen molar-refractivity contribution in [3.8, 4) is 17.2 Å². The van der Waals surface area contributed by atoms with Crippen molar-refractivity contribution >= 4 is 37.2 Å². The van der Waals surface area contributed by atoms with Crippen molar-refractivity contribution in [1.82, 2.24) is 4.78 Å². The highest BCUT2D eigenvalue weighted by atomic mass is 32.5. The van der Waals surface area contributed by atoms with Gasteiger partial charge in [-0.1, -0.05) is 0 Å². The fourth-order valence-electron chi connectivity index (χ4n) is 2.52. The Balaban J connectivity index is 1.87. The Bertz CT molecular complexity index is 1080. The Morgan fingerprint density at radius 1 is 0.750 bits per heavy atom. The summed E-state index contributed by atoms with van der Waals surface area (Å²) in [5, 5.41) is 4.43. The van der Waals surface area contributed by atoms with Crippen molar-refractivity contribution in [2.24, 2.45) is 5.10 Å². The highest BCUT2D eigenvalue weighted by molar-refractivity contribution is 8.09. The summed E-state index contributed by atoms with van der Waals surface area (Å²) in [6.45, 7) is -3.19. The Morgan fingerprint density at radius 3 is 1.56 bits per heavy atom. The van der Waals surface area contributed by atoms with Crippen molar-refractivity contribution in [2.45, 2.75) is 0 Å². The van der Waals surface area contributed by atoms with E-state index in [0.29, 0.717) is 22.6 Å². The fourth-order valence-corrected chi connectivity index (χ4v) is 4.39. The van der Waals surface area contributed by atoms with E-state index < -0.39 is 6.64 Å². The highest BCUT2D eigenvalue weighted by Crippen LogP contribution is 2.51. The van der Waals surface area contributed by atoms with E-state index in [1.54, 1.807) is 68.9 Å². The van der Waals surface area contributed by atoms with Gasteiger partial charge in [0.25, 0.3) is 0 Å². The molecule has 0 saturated heterocycles. The van der Waals surface area contributed by atoms with Crippen molar-refractivity contribution < 1.29 is 23.4 Å². The van der Waals surface area contributed by atoms with Crippen LogP contribution in [0.4, 0.5) is 0 Å². The van der Waals surface area contributed by atoms with Gasteiger partial charge in [-0.25, -0.2) is 4.78 Å². The summed E-state index contributed by atoms with van der Waals surface area (Å²) in [6, 6.07) is 20.5. The standard InChI is InChI=1S/C23H21N2O5PS/c1-25(24-15-18-3-9-21(28-2)10-4-18)31(32,29-22-11-5-19(16-26)6-12-22)30-23-13-7-20(17-27)8-14-23/h3-17H,1-2H3/b24-15+. The topological polar surface area (TPSA) is 77.4 Å². The van der Waals surface area contributed by atoms with Gasteiger partial charge < -0.3 is 13.8 Å². The van der Waals surface area contributed by atoms with E-state index in [0.717, 1.165) is 23.9 Å². The summed E-state index contributed by atoms with van der Waals surface area (Å²) in [7, 11) is 3.27. The van der Waals surface area contributed by atoms with Crippen LogP contribution < -0.4 is 13.8 Å². The van der Waals surface area contributed by atoms with E-state index in [1.807, 2.05) is 24.3 Å². The molecule has 3 aromatic carbocycles. The molecule has 3 rings (SSSR count). The molecule has 0 fully saturated rings. The number of carbonyl (C=O) groups is 2. The minimum atomic E-state index is -3.19. The van der Waals surface area contributed by atoms with Gasteiger partial charge in [0.2, 0.25) is 0 Å². The van der Waals surface area contributed by atoms with Crippen LogP contribution >= 0.6 is 6.64 Å². The number of carbonyl (C=O) groups excluding carboxylic acids is 2. The van der Waals surface area contributed by atoms with Gasteiger partial charge in [-0.3, -0.25) is 9.59 Å². The molecule has 0 aliphatic heterocycles. The number of methoxy groups -OCH3 is 1. The summed E-state index contributed by atoms with van der Waals surface area (Å²) < 4.78 is 18.7. The molecule has 0 unspecified atom stereocenters. The summed E-state index contributed by atoms with van der Waals surface area (Å²) >= 11 is 5.79. The Hall–Kier alpha value is -3.48. The molecule has 0 N–H and O–H groups in total. The van der Waals surface area contributed by atoms with Crippen LogP contribution in [0.15, 0.2) is 77.9 Å². The Labute approximate surface area is 191 Å². The van der Waals surface area contributed by atoms with Crippen molar-refractivity contribution in [1.29, 1.82) is 0 Å². The molecule has 0 amide bonds. The van der Waals surface area contributed by atoms with Crippen LogP contribution in [0.5, 0.6) is 17.2 Å². The lowest BCUT2D eigenvalue weighted by molar-refractivity contribution is 0.111. The zero-order valence-electron chi connectivity index (χ0n) is 17.5. The van der Waals surface area contributed by atoms with Gasteiger partial charge in [0.05, 0.1) is 13.3 Å². The van der Waals surface area contributed by atoms with Gasteiger partial charge in [-0.15, -0.1) is 0 Å². The van der Waals surface area contributed by atoms with E-state index in [1.165, 1.54) is 4.78 Å². The molecule has 0 aliphatic rings. The molecule has 0 heterocycles. The van der Waals surface area contributed by atoms with E-state index in [9.17, 15) is 9.59 Å². The zero-order chi connectivity index (χ0) is 23.0. The predicted octanol–water partition coefficient (Wildman–Crippen LogP) is 4.97. The number of nitrogens with zero attached hydrogens (tertiary/aromatic N) is 2. The number of ether oxygens (including phenoxy) is 1. The molecular weight excluding hydrogens is 447 g/mol. The van der Waals surface area contributed by atoms with Crippen molar-refractivity contribution in [2.75, 3.05) is 14.2 Å². The van der Waals surface area contributed by atoms with Crippen LogP contribution in [-0.4, -0.2) is 37.7 Å². The Morgan fingerprint density at radius 2 is 1.16 bits per heavy atom. The molecule has 0 spiro atoms. The number of rotatable bonds is 10. The first-order valence-corrected chi connectivity index (χ1v) is 12.1. The summed E-state index contributed by atoms with van der Waals surface area (Å²) in [5.74, 6) is 1.62. The lowest BCUT2D eigenvalue weighted by atomic mass is 10.2. The number of hydrazone groups is 1. The molecule has 0 atom stereocenters. The number of benzene rings is 3. The van der Waals surface area contributed by atoms with E-state index in [-0.39, 0.29) is 0 Å². The minimum absolute atomic E-state index is 0.440. The average Bonchev–Trinajstić information content (AvgIpc) is 2.83. The molecular formula is C23H21N2O5PS. The predicted molar refractivity (Wildman–Crippen MR) is 128 cm³/mol. The van der Waals surface area contributed by atoms with Crippen molar-refractivity contribution in [3.63, 3.8) is 0 Å². The fraction of sp³-hybridized carbons (Fsp3) is 0.0870. The number of aldehydes is 2. The quantitative estimate of drug-likeness (QED) is 0.180. The average molecular weight is 468 g/mol. The maximum absolute atomic E-state index is 10.9. The van der Waals surface area contributed by atoms with E-state index in [4.69, 9.17) is 25.6 Å². The second-order valence-electron chi connectivity index (χ2n) is 6.53. The van der Waals surface area contributed by atoms with E-state index in [2.05, 4.69) is 5.10 Å². The molecule has 3 aromatic rings. The zero-order valence-corrected chi connectivity index (χ0v) is 19.2. The first kappa shape index (κ1) is 23.2. The summed E-state index contributed by atoms with van der Waals surface area (Å²) in [6.07, 6.45) is 3.13. The van der Waals surface area contributed by atoms with Gasteiger partial charge in [-0.2, -0.15) is 5.10 Å². The van der Waals surface area contributed by atoms with Gasteiger partial charge in [0.15, 0.2) is 0 Å².